The first kappa shape index (κ1) is 14.0. The number of amides is 2. The maximum absolute atomic E-state index is 12.1. The van der Waals surface area contributed by atoms with Crippen LogP contribution in [0.4, 0.5) is 5.69 Å². The number of anilines is 1. The molecule has 1 aromatic heterocycles. The summed E-state index contributed by atoms with van der Waals surface area (Å²) in [6, 6.07) is 8.85. The molecule has 2 aromatic rings. The van der Waals surface area contributed by atoms with Gasteiger partial charge in [0.15, 0.2) is 5.69 Å². The van der Waals surface area contributed by atoms with Crippen molar-refractivity contribution in [1.82, 2.24) is 10.5 Å². The molecule has 1 heterocycles. The Hall–Kier alpha value is -2.63. The lowest BCUT2D eigenvalue weighted by atomic mass is 10.2. The molecule has 23 heavy (non-hydrogen) atoms. The fourth-order valence-corrected chi connectivity index (χ4v) is 2.35. The van der Waals surface area contributed by atoms with Gasteiger partial charge in [-0.15, -0.1) is 0 Å². The third-order valence-corrected chi connectivity index (χ3v) is 4.06. The van der Waals surface area contributed by atoms with Gasteiger partial charge in [-0.25, -0.2) is 0 Å². The van der Waals surface area contributed by atoms with E-state index in [4.69, 9.17) is 4.52 Å². The Kier molecular flexibility index (Phi) is 3.37. The lowest BCUT2D eigenvalue weighted by Crippen LogP contribution is -2.25. The molecular weight excluding hydrogens is 294 g/mol. The summed E-state index contributed by atoms with van der Waals surface area (Å²) in [4.78, 5) is 24.0. The number of hydrogen-bond acceptors (Lipinski definition) is 4. The second-order valence-electron chi connectivity index (χ2n) is 6.17. The zero-order valence-electron chi connectivity index (χ0n) is 12.5. The van der Waals surface area contributed by atoms with Gasteiger partial charge in [0, 0.05) is 29.3 Å². The molecule has 2 fully saturated rings. The molecule has 2 amide bonds. The van der Waals surface area contributed by atoms with Crippen molar-refractivity contribution in [2.24, 2.45) is 0 Å². The number of hydrogen-bond donors (Lipinski definition) is 2. The van der Waals surface area contributed by atoms with Crippen LogP contribution in [-0.2, 0) is 0 Å². The van der Waals surface area contributed by atoms with Crippen LogP contribution in [0.1, 0.15) is 58.2 Å². The first-order chi connectivity index (χ1) is 11.2. The number of rotatable bonds is 5. The minimum Gasteiger partial charge on any atom is -0.360 e. The Morgan fingerprint density at radius 3 is 2.43 bits per heavy atom. The molecule has 6 heteroatoms. The molecule has 2 saturated carbocycles. The van der Waals surface area contributed by atoms with E-state index in [-0.39, 0.29) is 17.5 Å². The van der Waals surface area contributed by atoms with Crippen molar-refractivity contribution in [3.05, 3.63) is 47.3 Å². The molecule has 0 spiro atoms. The lowest BCUT2D eigenvalue weighted by Gasteiger charge is -2.05. The number of nitrogens with zero attached hydrogens (tertiary/aromatic N) is 1. The molecule has 0 aliphatic heterocycles. The lowest BCUT2D eigenvalue weighted by molar-refractivity contribution is 0.0950. The summed E-state index contributed by atoms with van der Waals surface area (Å²) >= 11 is 0. The number of carbonyl (C=O) groups is 2. The van der Waals surface area contributed by atoms with Gasteiger partial charge in [-0.3, -0.25) is 9.59 Å². The van der Waals surface area contributed by atoms with Crippen LogP contribution in [-0.4, -0.2) is 23.0 Å². The summed E-state index contributed by atoms with van der Waals surface area (Å²) in [7, 11) is 0. The normalized spacial score (nSPS) is 16.9. The van der Waals surface area contributed by atoms with Gasteiger partial charge in [0.25, 0.3) is 11.8 Å². The molecule has 1 aromatic carbocycles. The minimum atomic E-state index is -0.309. The first-order valence-electron chi connectivity index (χ1n) is 7.88. The van der Waals surface area contributed by atoms with E-state index in [0.717, 1.165) is 31.4 Å². The fraction of sp³-hybridized carbons (Fsp3) is 0.353. The molecule has 0 unspecified atom stereocenters. The van der Waals surface area contributed by atoms with Gasteiger partial charge in [-0.05, 0) is 49.9 Å². The highest BCUT2D eigenvalue weighted by atomic mass is 16.5. The molecule has 0 radical (unpaired) electrons. The monoisotopic (exact) mass is 311 g/mol. The SMILES string of the molecule is O=C(NC1CC1)c1ccc(NC(=O)c2cc(C3CC3)on2)cc1. The highest BCUT2D eigenvalue weighted by molar-refractivity contribution is 6.03. The second kappa shape index (κ2) is 5.53. The Morgan fingerprint density at radius 1 is 1.04 bits per heavy atom. The molecule has 118 valence electrons. The highest BCUT2D eigenvalue weighted by Crippen LogP contribution is 2.40. The first-order valence-corrected chi connectivity index (χ1v) is 7.88. The quantitative estimate of drug-likeness (QED) is 0.889. The van der Waals surface area contributed by atoms with Crippen LogP contribution in [0, 0.1) is 0 Å². The number of nitrogens with one attached hydrogen (secondary N) is 2. The maximum Gasteiger partial charge on any atom is 0.277 e. The van der Waals surface area contributed by atoms with Crippen molar-refractivity contribution in [2.45, 2.75) is 37.6 Å². The summed E-state index contributed by atoms with van der Waals surface area (Å²) < 4.78 is 5.18. The Labute approximate surface area is 133 Å². The zero-order valence-corrected chi connectivity index (χ0v) is 12.5. The predicted molar refractivity (Wildman–Crippen MR) is 83.4 cm³/mol. The summed E-state index contributed by atoms with van der Waals surface area (Å²) in [5.41, 5.74) is 1.49. The van der Waals surface area contributed by atoms with E-state index in [1.807, 2.05) is 0 Å². The van der Waals surface area contributed by atoms with Crippen molar-refractivity contribution in [3.8, 4) is 0 Å². The third kappa shape index (κ3) is 3.26. The Bertz CT molecular complexity index is 743. The third-order valence-electron chi connectivity index (χ3n) is 4.06. The summed E-state index contributed by atoms with van der Waals surface area (Å²) in [5.74, 6) is 0.822. The van der Waals surface area contributed by atoms with E-state index in [1.54, 1.807) is 30.3 Å². The van der Waals surface area contributed by atoms with Gasteiger partial charge in [0.2, 0.25) is 0 Å². The van der Waals surface area contributed by atoms with Crippen molar-refractivity contribution in [3.63, 3.8) is 0 Å². The standard InChI is InChI=1S/C17H17N3O3/c21-16(18-13-7-8-13)11-3-5-12(6-4-11)19-17(22)14-9-15(23-20-14)10-1-2-10/h3-6,9-10,13H,1-2,7-8H2,(H,18,21)(H,19,22). The molecule has 0 saturated heterocycles. The van der Waals surface area contributed by atoms with Gasteiger partial charge in [-0.1, -0.05) is 5.16 Å². The van der Waals surface area contributed by atoms with Crippen LogP contribution in [0.2, 0.25) is 0 Å². The topological polar surface area (TPSA) is 84.2 Å². The van der Waals surface area contributed by atoms with Gasteiger partial charge < -0.3 is 15.2 Å². The highest BCUT2D eigenvalue weighted by Gasteiger charge is 2.29. The average molecular weight is 311 g/mol. The molecular formula is C17H17N3O3. The van der Waals surface area contributed by atoms with E-state index < -0.39 is 0 Å². The summed E-state index contributed by atoms with van der Waals surface area (Å²) in [6.45, 7) is 0. The fourth-order valence-electron chi connectivity index (χ4n) is 2.35. The molecule has 2 aliphatic rings. The molecule has 2 aliphatic carbocycles. The number of aromatic nitrogens is 1. The van der Waals surface area contributed by atoms with E-state index in [9.17, 15) is 9.59 Å². The van der Waals surface area contributed by atoms with Gasteiger partial charge in [0.05, 0.1) is 0 Å². The van der Waals surface area contributed by atoms with E-state index in [2.05, 4.69) is 15.8 Å². The largest absolute Gasteiger partial charge is 0.360 e. The predicted octanol–water partition coefficient (Wildman–Crippen LogP) is 2.70. The summed E-state index contributed by atoms with van der Waals surface area (Å²) in [5, 5.41) is 9.49. The van der Waals surface area contributed by atoms with Crippen molar-refractivity contribution >= 4 is 17.5 Å². The van der Waals surface area contributed by atoms with Gasteiger partial charge in [0.1, 0.15) is 5.76 Å². The van der Waals surface area contributed by atoms with Crippen LogP contribution < -0.4 is 10.6 Å². The van der Waals surface area contributed by atoms with Gasteiger partial charge >= 0.3 is 0 Å². The molecule has 2 N–H and O–H groups in total. The van der Waals surface area contributed by atoms with Crippen LogP contribution in [0.3, 0.4) is 0 Å². The van der Waals surface area contributed by atoms with Crippen molar-refractivity contribution < 1.29 is 14.1 Å². The molecule has 6 nitrogen and oxygen atoms in total. The second-order valence-corrected chi connectivity index (χ2v) is 6.17. The smallest absolute Gasteiger partial charge is 0.277 e. The van der Waals surface area contributed by atoms with Crippen LogP contribution in [0.5, 0.6) is 0 Å². The number of benzene rings is 1. The minimum absolute atomic E-state index is 0.0732. The van der Waals surface area contributed by atoms with Crippen molar-refractivity contribution in [1.29, 1.82) is 0 Å². The maximum atomic E-state index is 12.1. The number of carbonyl (C=O) groups excluding carboxylic acids is 2. The van der Waals surface area contributed by atoms with E-state index in [0.29, 0.717) is 23.2 Å². The molecule has 4 rings (SSSR count). The van der Waals surface area contributed by atoms with E-state index >= 15 is 0 Å². The van der Waals surface area contributed by atoms with Crippen LogP contribution in [0.25, 0.3) is 0 Å². The molecule has 0 atom stereocenters. The van der Waals surface area contributed by atoms with Gasteiger partial charge in [-0.2, -0.15) is 0 Å². The van der Waals surface area contributed by atoms with Crippen LogP contribution >= 0.6 is 0 Å². The van der Waals surface area contributed by atoms with E-state index in [1.165, 1.54) is 0 Å². The molecule has 0 bridgehead atoms. The Morgan fingerprint density at radius 2 is 1.78 bits per heavy atom. The van der Waals surface area contributed by atoms with Crippen molar-refractivity contribution in [2.75, 3.05) is 5.32 Å². The summed E-state index contributed by atoms with van der Waals surface area (Å²) in [6.07, 6.45) is 4.31. The zero-order chi connectivity index (χ0) is 15.8. The average Bonchev–Trinajstić information content (AvgIpc) is 3.49. The Balaban J connectivity index is 1.39. The van der Waals surface area contributed by atoms with Crippen LogP contribution in [0.15, 0.2) is 34.9 Å².